The Morgan fingerprint density at radius 1 is 1.45 bits per heavy atom. The maximum absolute atomic E-state index is 12.0. The van der Waals surface area contributed by atoms with Crippen molar-refractivity contribution < 1.29 is 4.79 Å². The molecule has 0 radical (unpaired) electrons. The largest absolute Gasteiger partial charge is 0.355 e. The summed E-state index contributed by atoms with van der Waals surface area (Å²) in [6.07, 6.45) is 5.82. The molecular weight excluding hydrogens is 292 g/mol. The molecule has 1 aliphatic carbocycles. The fraction of sp³-hybridized carbons (Fsp3) is 0.933. The molecule has 0 bridgehead atoms. The number of rotatable bonds is 6. The van der Waals surface area contributed by atoms with E-state index in [1.165, 1.54) is 31.4 Å². The highest BCUT2D eigenvalue weighted by molar-refractivity contribution is 7.99. The van der Waals surface area contributed by atoms with E-state index in [-0.39, 0.29) is 18.3 Å². The van der Waals surface area contributed by atoms with Gasteiger partial charge in [0.25, 0.3) is 0 Å². The van der Waals surface area contributed by atoms with Crippen molar-refractivity contribution in [1.82, 2.24) is 10.6 Å². The summed E-state index contributed by atoms with van der Waals surface area (Å²) in [5, 5.41) is 6.62. The van der Waals surface area contributed by atoms with Gasteiger partial charge in [0.2, 0.25) is 5.91 Å². The van der Waals surface area contributed by atoms with Crippen LogP contribution in [0.1, 0.15) is 46.0 Å². The summed E-state index contributed by atoms with van der Waals surface area (Å²) in [4.78, 5) is 12.0. The van der Waals surface area contributed by atoms with Crippen molar-refractivity contribution in [2.75, 3.05) is 24.6 Å². The van der Waals surface area contributed by atoms with Crippen LogP contribution in [0.5, 0.6) is 0 Å². The summed E-state index contributed by atoms with van der Waals surface area (Å²) in [6.45, 7) is 6.50. The van der Waals surface area contributed by atoms with Gasteiger partial charge in [0, 0.05) is 37.1 Å². The highest BCUT2D eigenvalue weighted by atomic mass is 35.5. The van der Waals surface area contributed by atoms with Gasteiger partial charge in [-0.3, -0.25) is 4.79 Å². The Morgan fingerprint density at radius 2 is 2.20 bits per heavy atom. The van der Waals surface area contributed by atoms with Crippen molar-refractivity contribution in [3.05, 3.63) is 0 Å². The molecule has 2 aliphatic rings. The van der Waals surface area contributed by atoms with Crippen molar-refractivity contribution >= 4 is 30.1 Å². The zero-order chi connectivity index (χ0) is 13.7. The molecule has 2 rings (SSSR count). The molecule has 1 unspecified atom stereocenters. The minimum atomic E-state index is 0. The molecule has 118 valence electrons. The van der Waals surface area contributed by atoms with E-state index in [2.05, 4.69) is 24.5 Å². The first-order chi connectivity index (χ1) is 9.10. The van der Waals surface area contributed by atoms with E-state index in [4.69, 9.17) is 0 Å². The smallest absolute Gasteiger partial charge is 0.221 e. The summed E-state index contributed by atoms with van der Waals surface area (Å²) in [7, 11) is 0. The Bertz CT molecular complexity index is 302. The Morgan fingerprint density at radius 3 is 2.70 bits per heavy atom. The van der Waals surface area contributed by atoms with E-state index >= 15 is 0 Å². The number of amides is 1. The van der Waals surface area contributed by atoms with Crippen molar-refractivity contribution in [2.24, 2.45) is 11.3 Å². The maximum atomic E-state index is 12.0. The molecular formula is C15H29ClN2OS. The SMILES string of the molecule is CC(C)CC1(CNC(=O)CC2CSCCN2)CCC1.Cl. The van der Waals surface area contributed by atoms with Crippen LogP contribution < -0.4 is 10.6 Å². The van der Waals surface area contributed by atoms with Crippen LogP contribution in [0, 0.1) is 11.3 Å². The van der Waals surface area contributed by atoms with Crippen molar-refractivity contribution in [3.8, 4) is 0 Å². The highest BCUT2D eigenvalue weighted by Crippen LogP contribution is 2.45. The number of halogens is 1. The molecule has 3 nitrogen and oxygen atoms in total. The molecule has 1 aliphatic heterocycles. The molecule has 1 saturated heterocycles. The number of hydrogen-bond acceptors (Lipinski definition) is 3. The molecule has 0 aromatic rings. The molecule has 1 heterocycles. The minimum absolute atomic E-state index is 0. The van der Waals surface area contributed by atoms with E-state index < -0.39 is 0 Å². The van der Waals surface area contributed by atoms with Crippen molar-refractivity contribution in [1.29, 1.82) is 0 Å². The van der Waals surface area contributed by atoms with Crippen LogP contribution in [-0.2, 0) is 4.79 Å². The standard InChI is InChI=1S/C15H28N2OS.ClH/c1-12(2)9-15(4-3-5-15)11-17-14(18)8-13-10-19-7-6-16-13;/h12-13,16H,3-11H2,1-2H3,(H,17,18);1H. The van der Waals surface area contributed by atoms with Gasteiger partial charge in [0.15, 0.2) is 0 Å². The van der Waals surface area contributed by atoms with E-state index in [9.17, 15) is 4.79 Å². The number of hydrogen-bond donors (Lipinski definition) is 2. The average molecular weight is 321 g/mol. The first-order valence-electron chi connectivity index (χ1n) is 7.67. The topological polar surface area (TPSA) is 41.1 Å². The van der Waals surface area contributed by atoms with Gasteiger partial charge in [-0.1, -0.05) is 20.3 Å². The van der Waals surface area contributed by atoms with Gasteiger partial charge in [-0.15, -0.1) is 12.4 Å². The molecule has 0 aromatic heterocycles. The predicted molar refractivity (Wildman–Crippen MR) is 89.7 cm³/mol. The summed E-state index contributed by atoms with van der Waals surface area (Å²) in [5.74, 6) is 3.21. The second-order valence-corrected chi connectivity index (χ2v) is 7.81. The lowest BCUT2D eigenvalue weighted by Gasteiger charge is -2.43. The second kappa shape index (κ2) is 8.50. The second-order valence-electron chi connectivity index (χ2n) is 6.66. The molecule has 1 amide bonds. The number of carbonyl (C=O) groups excluding carboxylic acids is 1. The highest BCUT2D eigenvalue weighted by Gasteiger charge is 2.37. The molecule has 5 heteroatoms. The fourth-order valence-corrected chi connectivity index (χ4v) is 4.28. The Kier molecular flexibility index (Phi) is 7.70. The number of carbonyl (C=O) groups is 1. The first kappa shape index (κ1) is 18.1. The summed E-state index contributed by atoms with van der Waals surface area (Å²) < 4.78 is 0. The average Bonchev–Trinajstić information content (AvgIpc) is 2.33. The van der Waals surface area contributed by atoms with E-state index in [0.717, 1.165) is 24.8 Å². The van der Waals surface area contributed by atoms with Crippen LogP contribution >= 0.6 is 24.2 Å². The zero-order valence-corrected chi connectivity index (χ0v) is 14.4. The lowest BCUT2D eigenvalue weighted by molar-refractivity contribution is -0.122. The van der Waals surface area contributed by atoms with Crippen molar-refractivity contribution in [2.45, 2.75) is 52.0 Å². The maximum Gasteiger partial charge on any atom is 0.221 e. The van der Waals surface area contributed by atoms with E-state index in [1.54, 1.807) is 0 Å². The lowest BCUT2D eigenvalue weighted by atomic mass is 9.64. The molecule has 2 fully saturated rings. The molecule has 20 heavy (non-hydrogen) atoms. The normalized spacial score (nSPS) is 24.6. The molecule has 0 aromatic carbocycles. The van der Waals surface area contributed by atoms with Crippen LogP contribution in [0.25, 0.3) is 0 Å². The van der Waals surface area contributed by atoms with Gasteiger partial charge >= 0.3 is 0 Å². The Balaban J connectivity index is 0.00000200. The van der Waals surface area contributed by atoms with Crippen molar-refractivity contribution in [3.63, 3.8) is 0 Å². The van der Waals surface area contributed by atoms with Gasteiger partial charge in [-0.25, -0.2) is 0 Å². The predicted octanol–water partition coefficient (Wildman–Crippen LogP) is 2.84. The fourth-order valence-electron chi connectivity index (χ4n) is 3.33. The summed E-state index contributed by atoms with van der Waals surface area (Å²) in [6, 6.07) is 0.376. The monoisotopic (exact) mass is 320 g/mol. The molecule has 2 N–H and O–H groups in total. The lowest BCUT2D eigenvalue weighted by Crippen LogP contribution is -2.46. The Labute approximate surface area is 133 Å². The molecule has 0 spiro atoms. The minimum Gasteiger partial charge on any atom is -0.355 e. The number of thioether (sulfide) groups is 1. The van der Waals surface area contributed by atoms with Gasteiger partial charge in [0.1, 0.15) is 0 Å². The van der Waals surface area contributed by atoms with Crippen LogP contribution in [0.2, 0.25) is 0 Å². The van der Waals surface area contributed by atoms with E-state index in [0.29, 0.717) is 17.9 Å². The summed E-state index contributed by atoms with van der Waals surface area (Å²) >= 11 is 1.95. The van der Waals surface area contributed by atoms with Crippen LogP contribution in [0.4, 0.5) is 0 Å². The van der Waals surface area contributed by atoms with Crippen LogP contribution in [-0.4, -0.2) is 36.5 Å². The first-order valence-corrected chi connectivity index (χ1v) is 8.83. The third-order valence-electron chi connectivity index (χ3n) is 4.35. The summed E-state index contributed by atoms with van der Waals surface area (Å²) in [5.41, 5.74) is 0.415. The number of nitrogens with one attached hydrogen (secondary N) is 2. The van der Waals surface area contributed by atoms with Crippen LogP contribution in [0.15, 0.2) is 0 Å². The Hall–Kier alpha value is 0.0700. The van der Waals surface area contributed by atoms with Crippen LogP contribution in [0.3, 0.4) is 0 Å². The zero-order valence-electron chi connectivity index (χ0n) is 12.7. The van der Waals surface area contributed by atoms with Gasteiger partial charge in [-0.05, 0) is 30.6 Å². The molecule has 1 atom stereocenters. The van der Waals surface area contributed by atoms with E-state index in [1.807, 2.05) is 11.8 Å². The van der Waals surface area contributed by atoms with Gasteiger partial charge in [-0.2, -0.15) is 11.8 Å². The third kappa shape index (κ3) is 5.45. The third-order valence-corrected chi connectivity index (χ3v) is 5.48. The quantitative estimate of drug-likeness (QED) is 0.790. The molecule has 1 saturated carbocycles. The van der Waals surface area contributed by atoms with Gasteiger partial charge < -0.3 is 10.6 Å². The van der Waals surface area contributed by atoms with Gasteiger partial charge in [0.05, 0.1) is 0 Å².